The molecular formula is C13H16ClFN2O2. The molecule has 1 heterocycles. The number of amides is 1. The zero-order valence-electron chi connectivity index (χ0n) is 10.6. The Morgan fingerprint density at radius 1 is 1.58 bits per heavy atom. The summed E-state index contributed by atoms with van der Waals surface area (Å²) in [5.74, 6) is -0.627. The molecule has 0 radical (unpaired) electrons. The molecule has 1 fully saturated rings. The van der Waals surface area contributed by atoms with E-state index >= 15 is 0 Å². The minimum atomic E-state index is -0.485. The van der Waals surface area contributed by atoms with Crippen molar-refractivity contribution < 1.29 is 13.9 Å². The van der Waals surface area contributed by atoms with Gasteiger partial charge in [0.25, 0.3) is 0 Å². The molecule has 2 N–H and O–H groups in total. The van der Waals surface area contributed by atoms with Crippen molar-refractivity contribution in [3.8, 4) is 0 Å². The van der Waals surface area contributed by atoms with Crippen LogP contribution in [0.2, 0.25) is 5.02 Å². The van der Waals surface area contributed by atoms with Gasteiger partial charge in [0.05, 0.1) is 17.7 Å². The minimum absolute atomic E-state index is 0.0755. The molecule has 0 aliphatic carbocycles. The largest absolute Gasteiger partial charge is 0.370 e. The highest BCUT2D eigenvalue weighted by Crippen LogP contribution is 2.26. The summed E-state index contributed by atoms with van der Waals surface area (Å²) in [4.78, 5) is 11.2. The van der Waals surface area contributed by atoms with Crippen molar-refractivity contribution in [3.63, 3.8) is 0 Å². The Kier molecular flexibility index (Phi) is 4.74. The number of hydrogen-bond donors (Lipinski definition) is 2. The van der Waals surface area contributed by atoms with Crippen LogP contribution in [0.5, 0.6) is 0 Å². The minimum Gasteiger partial charge on any atom is -0.370 e. The predicted molar refractivity (Wildman–Crippen MR) is 70.6 cm³/mol. The van der Waals surface area contributed by atoms with Crippen LogP contribution in [0.15, 0.2) is 18.2 Å². The molecule has 1 aliphatic heterocycles. The summed E-state index contributed by atoms with van der Waals surface area (Å²) >= 11 is 5.67. The highest BCUT2D eigenvalue weighted by molar-refractivity contribution is 6.30. The summed E-state index contributed by atoms with van der Waals surface area (Å²) in [6.07, 6.45) is -0.384. The van der Waals surface area contributed by atoms with Crippen molar-refractivity contribution in [2.24, 2.45) is 0 Å². The Bertz CT molecular complexity index is 470. The van der Waals surface area contributed by atoms with Crippen LogP contribution in [0, 0.1) is 5.82 Å². The molecule has 1 saturated heterocycles. The van der Waals surface area contributed by atoms with Crippen LogP contribution in [0.3, 0.4) is 0 Å². The van der Waals surface area contributed by atoms with Crippen molar-refractivity contribution >= 4 is 17.5 Å². The monoisotopic (exact) mass is 286 g/mol. The van der Waals surface area contributed by atoms with E-state index in [1.54, 1.807) is 6.07 Å². The number of ether oxygens (including phenoxy) is 1. The predicted octanol–water partition coefficient (Wildman–Crippen LogP) is 1.64. The summed E-state index contributed by atoms with van der Waals surface area (Å²) in [7, 11) is 0. The lowest BCUT2D eigenvalue weighted by Crippen LogP contribution is -2.43. The van der Waals surface area contributed by atoms with E-state index < -0.39 is 5.82 Å². The van der Waals surface area contributed by atoms with Gasteiger partial charge in [0.2, 0.25) is 5.91 Å². The van der Waals surface area contributed by atoms with Gasteiger partial charge in [-0.25, -0.2) is 4.39 Å². The Hall–Kier alpha value is -1.17. The lowest BCUT2D eigenvalue weighted by molar-refractivity contribution is -0.120. The third-order valence-electron chi connectivity index (χ3n) is 2.97. The number of halogens is 2. The van der Waals surface area contributed by atoms with Gasteiger partial charge in [-0.2, -0.15) is 0 Å². The van der Waals surface area contributed by atoms with Crippen molar-refractivity contribution in [2.45, 2.75) is 19.1 Å². The quantitative estimate of drug-likeness (QED) is 0.869. The highest BCUT2D eigenvalue weighted by atomic mass is 35.5. The standard InChI is InChI=1S/C13H16ClFN2O2/c1-8(18)17-12-7-16-4-5-19-13(12)9-2-3-10(14)11(15)6-9/h2-3,6,12-13,16H,4-5,7H2,1H3,(H,17,18)/t12-,13+/m1/s1. The molecule has 0 unspecified atom stereocenters. The summed E-state index contributed by atoms with van der Waals surface area (Å²) < 4.78 is 19.2. The summed E-state index contributed by atoms with van der Waals surface area (Å²) in [6, 6.07) is 4.34. The van der Waals surface area contributed by atoms with Gasteiger partial charge < -0.3 is 15.4 Å². The van der Waals surface area contributed by atoms with E-state index in [0.29, 0.717) is 25.3 Å². The van der Waals surface area contributed by atoms with Crippen LogP contribution in [-0.4, -0.2) is 31.6 Å². The number of nitrogens with one attached hydrogen (secondary N) is 2. The van der Waals surface area contributed by atoms with E-state index in [2.05, 4.69) is 10.6 Å². The van der Waals surface area contributed by atoms with Crippen LogP contribution in [0.4, 0.5) is 4.39 Å². The maximum absolute atomic E-state index is 13.5. The Labute approximate surface area is 116 Å². The topological polar surface area (TPSA) is 50.4 Å². The average Bonchev–Trinajstić information content (AvgIpc) is 2.57. The van der Waals surface area contributed by atoms with E-state index in [-0.39, 0.29) is 23.1 Å². The molecule has 0 spiro atoms. The van der Waals surface area contributed by atoms with E-state index in [1.165, 1.54) is 19.1 Å². The van der Waals surface area contributed by atoms with Crippen LogP contribution in [-0.2, 0) is 9.53 Å². The fraction of sp³-hybridized carbons (Fsp3) is 0.462. The van der Waals surface area contributed by atoms with Gasteiger partial charge in [0.1, 0.15) is 11.9 Å². The van der Waals surface area contributed by atoms with Gasteiger partial charge in [-0.15, -0.1) is 0 Å². The van der Waals surface area contributed by atoms with Gasteiger partial charge >= 0.3 is 0 Å². The molecule has 1 amide bonds. The normalized spacial score (nSPS) is 23.7. The second-order valence-corrected chi connectivity index (χ2v) is 4.88. The van der Waals surface area contributed by atoms with Crippen LogP contribution in [0.25, 0.3) is 0 Å². The maximum Gasteiger partial charge on any atom is 0.217 e. The molecule has 2 rings (SSSR count). The zero-order chi connectivity index (χ0) is 13.8. The third-order valence-corrected chi connectivity index (χ3v) is 3.27. The molecule has 19 heavy (non-hydrogen) atoms. The van der Waals surface area contributed by atoms with E-state index in [1.807, 2.05) is 0 Å². The number of carbonyl (C=O) groups is 1. The highest BCUT2D eigenvalue weighted by Gasteiger charge is 2.27. The Morgan fingerprint density at radius 2 is 2.37 bits per heavy atom. The summed E-state index contributed by atoms with van der Waals surface area (Å²) in [5.41, 5.74) is 0.671. The molecule has 0 bridgehead atoms. The number of hydrogen-bond acceptors (Lipinski definition) is 3. The first-order chi connectivity index (χ1) is 9.08. The Balaban J connectivity index is 2.25. The third kappa shape index (κ3) is 3.65. The molecule has 1 aromatic carbocycles. The van der Waals surface area contributed by atoms with Gasteiger partial charge in [-0.3, -0.25) is 4.79 Å². The molecule has 104 valence electrons. The first kappa shape index (κ1) is 14.2. The van der Waals surface area contributed by atoms with E-state index in [0.717, 1.165) is 0 Å². The Morgan fingerprint density at radius 3 is 3.05 bits per heavy atom. The van der Waals surface area contributed by atoms with Crippen molar-refractivity contribution in [1.29, 1.82) is 0 Å². The molecular weight excluding hydrogens is 271 g/mol. The van der Waals surface area contributed by atoms with Gasteiger partial charge in [0.15, 0.2) is 0 Å². The molecule has 0 aromatic heterocycles. The summed E-state index contributed by atoms with van der Waals surface area (Å²) in [5, 5.41) is 6.07. The number of rotatable bonds is 2. The smallest absolute Gasteiger partial charge is 0.217 e. The molecule has 0 saturated carbocycles. The van der Waals surface area contributed by atoms with Gasteiger partial charge in [-0.05, 0) is 17.7 Å². The fourth-order valence-electron chi connectivity index (χ4n) is 2.14. The molecule has 2 atom stereocenters. The van der Waals surface area contributed by atoms with Crippen LogP contribution < -0.4 is 10.6 Å². The fourth-order valence-corrected chi connectivity index (χ4v) is 2.26. The molecule has 1 aromatic rings. The lowest BCUT2D eigenvalue weighted by Gasteiger charge is -2.25. The number of carbonyl (C=O) groups excluding carboxylic acids is 1. The second kappa shape index (κ2) is 6.32. The maximum atomic E-state index is 13.5. The van der Waals surface area contributed by atoms with E-state index in [4.69, 9.17) is 16.3 Å². The second-order valence-electron chi connectivity index (χ2n) is 4.48. The van der Waals surface area contributed by atoms with Gasteiger partial charge in [-0.1, -0.05) is 17.7 Å². The lowest BCUT2D eigenvalue weighted by atomic mass is 10.0. The average molecular weight is 287 g/mol. The van der Waals surface area contributed by atoms with Crippen molar-refractivity contribution in [1.82, 2.24) is 10.6 Å². The van der Waals surface area contributed by atoms with Gasteiger partial charge in [0, 0.05) is 20.0 Å². The molecule has 4 nitrogen and oxygen atoms in total. The SMILES string of the molecule is CC(=O)N[C@@H]1CNCCO[C@H]1c1ccc(Cl)c(F)c1. The first-order valence-corrected chi connectivity index (χ1v) is 6.50. The first-order valence-electron chi connectivity index (χ1n) is 6.12. The van der Waals surface area contributed by atoms with Crippen LogP contribution in [0.1, 0.15) is 18.6 Å². The number of benzene rings is 1. The zero-order valence-corrected chi connectivity index (χ0v) is 11.3. The molecule has 6 heteroatoms. The van der Waals surface area contributed by atoms with Crippen molar-refractivity contribution in [2.75, 3.05) is 19.7 Å². The van der Waals surface area contributed by atoms with Crippen LogP contribution >= 0.6 is 11.6 Å². The van der Waals surface area contributed by atoms with E-state index in [9.17, 15) is 9.18 Å². The van der Waals surface area contributed by atoms with Crippen molar-refractivity contribution in [3.05, 3.63) is 34.6 Å². The molecule has 1 aliphatic rings. The summed E-state index contributed by atoms with van der Waals surface area (Å²) in [6.45, 7) is 3.23.